The summed E-state index contributed by atoms with van der Waals surface area (Å²) < 4.78 is 28.0. The molecule has 1 fully saturated rings. The van der Waals surface area contributed by atoms with Crippen LogP contribution < -0.4 is 10.2 Å². The van der Waals surface area contributed by atoms with Gasteiger partial charge in [0.05, 0.1) is 10.6 Å². The third-order valence-corrected chi connectivity index (χ3v) is 8.71. The topological polar surface area (TPSA) is 78.1 Å². The van der Waals surface area contributed by atoms with E-state index in [0.29, 0.717) is 11.4 Å². The van der Waals surface area contributed by atoms with Crippen LogP contribution in [-0.4, -0.2) is 43.4 Å². The number of rotatable bonds is 4. The van der Waals surface area contributed by atoms with E-state index in [0.717, 1.165) is 35.2 Å². The predicted octanol–water partition coefficient (Wildman–Crippen LogP) is 3.11. The number of piperidine rings is 1. The highest BCUT2D eigenvalue weighted by Gasteiger charge is 2.53. The van der Waals surface area contributed by atoms with Gasteiger partial charge in [0.25, 0.3) is 0 Å². The van der Waals surface area contributed by atoms with Gasteiger partial charge in [-0.05, 0) is 50.1 Å². The zero-order chi connectivity index (χ0) is 19.9. The summed E-state index contributed by atoms with van der Waals surface area (Å²) >= 11 is 0. The summed E-state index contributed by atoms with van der Waals surface area (Å²) in [6.07, 6.45) is 4.34. The van der Waals surface area contributed by atoms with Crippen molar-refractivity contribution in [3.05, 3.63) is 54.4 Å². The third kappa shape index (κ3) is 2.72. The average Bonchev–Trinajstić information content (AvgIpc) is 3.17. The fourth-order valence-corrected chi connectivity index (χ4v) is 6.64. The number of anilines is 1. The molecule has 3 aromatic rings. The molecule has 4 rings (SSSR count). The Morgan fingerprint density at radius 2 is 1.93 bits per heavy atom. The maximum Gasteiger partial charge on any atom is 0.203 e. The fraction of sp³-hybridized carbons (Fsp3) is 0.381. The molecule has 28 heavy (non-hydrogen) atoms. The number of likely N-dealkylation sites (N-methyl/N-ethyl adjacent to an activating group) is 1. The van der Waals surface area contributed by atoms with Gasteiger partial charge in [-0.15, -0.1) is 0 Å². The van der Waals surface area contributed by atoms with Gasteiger partial charge in [-0.1, -0.05) is 24.6 Å². The first-order valence-electron chi connectivity index (χ1n) is 9.56. The van der Waals surface area contributed by atoms with Crippen molar-refractivity contribution in [3.8, 4) is 0 Å². The molecule has 6 nitrogen and oxygen atoms in total. The Morgan fingerprint density at radius 3 is 2.64 bits per heavy atom. The van der Waals surface area contributed by atoms with Crippen LogP contribution >= 0.6 is 0 Å². The Hall–Kier alpha value is -2.38. The summed E-state index contributed by atoms with van der Waals surface area (Å²) in [5.74, 6) is -0.0489. The number of aromatic nitrogens is 2. The van der Waals surface area contributed by atoms with E-state index in [-0.39, 0.29) is 5.92 Å². The largest absolute Gasteiger partial charge is 0.353 e. The van der Waals surface area contributed by atoms with Gasteiger partial charge >= 0.3 is 0 Å². The Morgan fingerprint density at radius 1 is 1.18 bits per heavy atom. The highest BCUT2D eigenvalue weighted by molar-refractivity contribution is 7.93. The van der Waals surface area contributed by atoms with Crippen LogP contribution in [0.5, 0.6) is 0 Å². The lowest BCUT2D eigenvalue weighted by atomic mass is 9.92. The number of H-pyrrole nitrogens is 1. The van der Waals surface area contributed by atoms with E-state index in [2.05, 4.69) is 15.3 Å². The van der Waals surface area contributed by atoms with E-state index >= 15 is 0 Å². The molecule has 0 saturated carbocycles. The molecule has 1 aromatic carbocycles. The van der Waals surface area contributed by atoms with E-state index < -0.39 is 14.7 Å². The van der Waals surface area contributed by atoms with Crippen molar-refractivity contribution >= 4 is 26.6 Å². The molecule has 0 bridgehead atoms. The molecule has 2 N–H and O–H groups in total. The molecule has 148 valence electrons. The molecule has 2 aromatic heterocycles. The highest BCUT2D eigenvalue weighted by atomic mass is 32.2. The smallest absolute Gasteiger partial charge is 0.203 e. The molecular formula is C21H26N4O2S. The van der Waals surface area contributed by atoms with Gasteiger partial charge in [-0.25, -0.2) is 13.4 Å². The first kappa shape index (κ1) is 19.0. The van der Waals surface area contributed by atoms with Crippen LogP contribution in [0.3, 0.4) is 0 Å². The SMILES string of the molecule is Cc1ccc(S(=O)(=O)[C@@]2(N(C)c3ccnc4[nH]ccc34)CNCC[C@H]2C)cc1. The first-order chi connectivity index (χ1) is 13.4. The zero-order valence-electron chi connectivity index (χ0n) is 16.4. The molecule has 2 atom stereocenters. The van der Waals surface area contributed by atoms with Crippen LogP contribution in [0.4, 0.5) is 5.69 Å². The average molecular weight is 399 g/mol. The number of hydrogen-bond donors (Lipinski definition) is 2. The highest BCUT2D eigenvalue weighted by Crippen LogP contribution is 2.42. The van der Waals surface area contributed by atoms with Crippen LogP contribution in [0.2, 0.25) is 0 Å². The van der Waals surface area contributed by atoms with E-state index in [4.69, 9.17) is 0 Å². The van der Waals surface area contributed by atoms with Crippen LogP contribution in [0.25, 0.3) is 11.0 Å². The monoisotopic (exact) mass is 398 g/mol. The predicted molar refractivity (Wildman–Crippen MR) is 112 cm³/mol. The molecule has 3 heterocycles. The summed E-state index contributed by atoms with van der Waals surface area (Å²) in [4.78, 5) is 8.68. The van der Waals surface area contributed by atoms with Gasteiger partial charge in [0.1, 0.15) is 5.65 Å². The van der Waals surface area contributed by atoms with Crippen molar-refractivity contribution < 1.29 is 8.42 Å². The zero-order valence-corrected chi connectivity index (χ0v) is 17.3. The van der Waals surface area contributed by atoms with Crippen molar-refractivity contribution in [1.82, 2.24) is 15.3 Å². The summed E-state index contributed by atoms with van der Waals surface area (Å²) in [6.45, 7) is 5.19. The number of fused-ring (bicyclic) bond motifs is 1. The van der Waals surface area contributed by atoms with Gasteiger partial charge in [0, 0.05) is 31.4 Å². The lowest BCUT2D eigenvalue weighted by Gasteiger charge is -2.49. The minimum atomic E-state index is -3.66. The minimum Gasteiger partial charge on any atom is -0.353 e. The number of pyridine rings is 1. The van der Waals surface area contributed by atoms with Gasteiger partial charge in [-0.2, -0.15) is 0 Å². The number of nitrogens with one attached hydrogen (secondary N) is 2. The normalized spacial score (nSPS) is 23.0. The molecule has 0 amide bonds. The van der Waals surface area contributed by atoms with E-state index in [9.17, 15) is 8.42 Å². The van der Waals surface area contributed by atoms with E-state index in [1.54, 1.807) is 18.3 Å². The van der Waals surface area contributed by atoms with Gasteiger partial charge in [-0.3, -0.25) is 0 Å². The fourth-order valence-electron chi connectivity index (χ4n) is 4.34. The lowest BCUT2D eigenvalue weighted by molar-refractivity contribution is 0.291. The quantitative estimate of drug-likeness (QED) is 0.706. The van der Waals surface area contributed by atoms with Crippen molar-refractivity contribution in [2.75, 3.05) is 25.0 Å². The van der Waals surface area contributed by atoms with Crippen LogP contribution in [0, 0.1) is 12.8 Å². The number of benzene rings is 1. The van der Waals surface area contributed by atoms with Crippen molar-refractivity contribution in [1.29, 1.82) is 0 Å². The van der Waals surface area contributed by atoms with E-state index in [1.165, 1.54) is 0 Å². The van der Waals surface area contributed by atoms with Crippen molar-refractivity contribution in [2.24, 2.45) is 5.92 Å². The Bertz CT molecular complexity index is 1090. The molecule has 1 aliphatic heterocycles. The molecule has 0 radical (unpaired) electrons. The summed E-state index contributed by atoms with van der Waals surface area (Å²) in [5, 5.41) is 4.26. The molecule has 7 heteroatoms. The van der Waals surface area contributed by atoms with Crippen molar-refractivity contribution in [2.45, 2.75) is 30.0 Å². The first-order valence-corrected chi connectivity index (χ1v) is 11.0. The molecule has 0 unspecified atom stereocenters. The third-order valence-electron chi connectivity index (χ3n) is 6.07. The Kier molecular flexibility index (Phi) is 4.67. The minimum absolute atomic E-state index is 0.0489. The Balaban J connectivity index is 1.92. The second-order valence-corrected chi connectivity index (χ2v) is 9.84. The van der Waals surface area contributed by atoms with E-state index in [1.807, 2.05) is 56.3 Å². The second-order valence-electron chi connectivity index (χ2n) is 7.66. The maximum atomic E-state index is 14.0. The molecule has 0 aliphatic carbocycles. The maximum absolute atomic E-state index is 14.0. The van der Waals surface area contributed by atoms with Gasteiger partial charge < -0.3 is 15.2 Å². The summed E-state index contributed by atoms with van der Waals surface area (Å²) in [7, 11) is -1.77. The van der Waals surface area contributed by atoms with Crippen LogP contribution in [-0.2, 0) is 9.84 Å². The van der Waals surface area contributed by atoms with Crippen LogP contribution in [0.15, 0.2) is 53.7 Å². The Labute approximate surface area is 165 Å². The van der Waals surface area contributed by atoms with Gasteiger partial charge in [0.15, 0.2) is 4.87 Å². The summed E-state index contributed by atoms with van der Waals surface area (Å²) in [6, 6.07) is 11.0. The standard InChI is InChI=1S/C21H26N4O2S/c1-15-4-6-17(7-5-15)28(26,27)21(14-22-11-8-16(21)2)25(3)19-10-13-24-20-18(19)9-12-23-20/h4-7,9-10,12-13,16,22H,8,11,14H2,1-3H3,(H,23,24)/t16-,21+/m1/s1. The number of aromatic amines is 1. The molecule has 1 saturated heterocycles. The van der Waals surface area contributed by atoms with Crippen molar-refractivity contribution in [3.63, 3.8) is 0 Å². The number of nitrogens with zero attached hydrogens (tertiary/aromatic N) is 2. The number of aryl methyl sites for hydroxylation is 1. The molecule has 1 aliphatic rings. The number of hydrogen-bond acceptors (Lipinski definition) is 5. The van der Waals surface area contributed by atoms with Crippen LogP contribution in [0.1, 0.15) is 18.9 Å². The number of sulfone groups is 1. The molecule has 0 spiro atoms. The summed E-state index contributed by atoms with van der Waals surface area (Å²) in [5.41, 5.74) is 2.65. The second kappa shape index (κ2) is 6.90. The molecular weight excluding hydrogens is 372 g/mol. The van der Waals surface area contributed by atoms with Gasteiger partial charge in [0.2, 0.25) is 9.84 Å². The lowest BCUT2D eigenvalue weighted by Crippen LogP contribution is -2.65.